The smallest absolute Gasteiger partial charge is 0.131 e. The van der Waals surface area contributed by atoms with Gasteiger partial charge in [-0.2, -0.15) is 0 Å². The van der Waals surface area contributed by atoms with E-state index in [2.05, 4.69) is 6.58 Å². The second-order valence-corrected chi connectivity index (χ2v) is 4.29. The van der Waals surface area contributed by atoms with E-state index in [0.717, 1.165) is 23.2 Å². The number of para-hydroxylation sites is 1. The van der Waals surface area contributed by atoms with Gasteiger partial charge < -0.3 is 9.53 Å². The molecule has 2 nitrogen and oxygen atoms in total. The molecule has 1 aliphatic heterocycles. The lowest BCUT2D eigenvalue weighted by atomic mass is 9.81. The predicted octanol–water partition coefficient (Wildman–Crippen LogP) is 2.70. The van der Waals surface area contributed by atoms with E-state index in [1.54, 1.807) is 0 Å². The second-order valence-electron chi connectivity index (χ2n) is 4.29. The minimum atomic E-state index is -0.472. The van der Waals surface area contributed by atoms with Gasteiger partial charge in [-0.25, -0.2) is 0 Å². The maximum atomic E-state index is 11.1. The summed E-state index contributed by atoms with van der Waals surface area (Å²) in [5, 5.41) is 0. The van der Waals surface area contributed by atoms with E-state index in [4.69, 9.17) is 4.74 Å². The van der Waals surface area contributed by atoms with Crippen molar-refractivity contribution in [3.05, 3.63) is 42.0 Å². The van der Waals surface area contributed by atoms with Gasteiger partial charge in [-0.05, 0) is 25.5 Å². The topological polar surface area (TPSA) is 26.3 Å². The maximum Gasteiger partial charge on any atom is 0.131 e. The predicted molar refractivity (Wildman–Crippen MR) is 59.1 cm³/mol. The number of ether oxygens (including phenoxy) is 1. The van der Waals surface area contributed by atoms with Crippen LogP contribution in [0.15, 0.2) is 36.4 Å². The minimum Gasteiger partial charge on any atom is -0.483 e. The molecule has 0 spiro atoms. The molecule has 78 valence electrons. The summed E-state index contributed by atoms with van der Waals surface area (Å²) >= 11 is 0. The van der Waals surface area contributed by atoms with Crippen molar-refractivity contribution >= 4 is 6.29 Å². The molecule has 1 aliphatic rings. The highest BCUT2D eigenvalue weighted by Gasteiger charge is 2.36. The molecule has 0 bridgehead atoms. The summed E-state index contributed by atoms with van der Waals surface area (Å²) in [5.74, 6) is 0.539. The molecule has 0 radical (unpaired) electrons. The Morgan fingerprint density at radius 3 is 2.73 bits per heavy atom. The molecule has 0 aromatic heterocycles. The van der Waals surface area contributed by atoms with E-state index in [-0.39, 0.29) is 5.92 Å². The summed E-state index contributed by atoms with van der Waals surface area (Å²) in [5.41, 5.74) is 1.26. The number of carbonyl (C=O) groups is 1. The fourth-order valence-corrected chi connectivity index (χ4v) is 1.89. The molecule has 1 unspecified atom stereocenters. The van der Waals surface area contributed by atoms with Gasteiger partial charge in [0.1, 0.15) is 17.6 Å². The van der Waals surface area contributed by atoms with Crippen LogP contribution in [0.25, 0.3) is 0 Å². The first kappa shape index (κ1) is 9.97. The standard InChI is InChI=1S/C13H14O2/c1-9-11(8-14)10-6-4-5-7-12(10)15-13(9,2)3/h4-8,11H,1H2,2-3H3. The summed E-state index contributed by atoms with van der Waals surface area (Å²) in [6.07, 6.45) is 0.936. The van der Waals surface area contributed by atoms with Crippen molar-refractivity contribution in [2.45, 2.75) is 25.4 Å². The minimum absolute atomic E-state index is 0.245. The van der Waals surface area contributed by atoms with Crippen molar-refractivity contribution in [2.75, 3.05) is 0 Å². The first-order valence-electron chi connectivity index (χ1n) is 4.99. The van der Waals surface area contributed by atoms with Crippen LogP contribution in [0.1, 0.15) is 25.3 Å². The SMILES string of the molecule is C=C1C(C=O)c2ccccc2OC1(C)C. The van der Waals surface area contributed by atoms with Crippen LogP contribution in [0.4, 0.5) is 0 Å². The van der Waals surface area contributed by atoms with Crippen molar-refractivity contribution < 1.29 is 9.53 Å². The fourth-order valence-electron chi connectivity index (χ4n) is 1.89. The monoisotopic (exact) mass is 202 g/mol. The van der Waals surface area contributed by atoms with Gasteiger partial charge in [-0.3, -0.25) is 0 Å². The van der Waals surface area contributed by atoms with Crippen molar-refractivity contribution in [2.24, 2.45) is 0 Å². The van der Waals surface area contributed by atoms with Gasteiger partial charge in [0.2, 0.25) is 0 Å². The van der Waals surface area contributed by atoms with Gasteiger partial charge in [0.15, 0.2) is 0 Å². The largest absolute Gasteiger partial charge is 0.483 e. The van der Waals surface area contributed by atoms with Crippen molar-refractivity contribution in [3.63, 3.8) is 0 Å². The van der Waals surface area contributed by atoms with Crippen molar-refractivity contribution in [3.8, 4) is 5.75 Å². The highest BCUT2D eigenvalue weighted by molar-refractivity contribution is 5.71. The average Bonchev–Trinajstić information content (AvgIpc) is 2.19. The van der Waals surface area contributed by atoms with Crippen LogP contribution < -0.4 is 4.74 Å². The molecule has 0 saturated carbocycles. The van der Waals surface area contributed by atoms with Gasteiger partial charge >= 0.3 is 0 Å². The van der Waals surface area contributed by atoms with Gasteiger partial charge in [-0.1, -0.05) is 24.8 Å². The first-order valence-corrected chi connectivity index (χ1v) is 4.99. The molecule has 0 amide bonds. The molecule has 1 heterocycles. The number of aldehydes is 1. The summed E-state index contributed by atoms with van der Waals surface area (Å²) in [6.45, 7) is 7.83. The Kier molecular flexibility index (Phi) is 2.14. The normalized spacial score (nSPS) is 22.8. The number of rotatable bonds is 1. The van der Waals surface area contributed by atoms with Crippen LogP contribution in [0.5, 0.6) is 5.75 Å². The van der Waals surface area contributed by atoms with Crippen LogP contribution in [-0.2, 0) is 4.79 Å². The van der Waals surface area contributed by atoms with Gasteiger partial charge in [0, 0.05) is 5.56 Å². The second kappa shape index (κ2) is 3.23. The highest BCUT2D eigenvalue weighted by Crippen LogP contribution is 2.42. The molecule has 2 heteroatoms. The first-order chi connectivity index (χ1) is 7.06. The molecule has 0 aliphatic carbocycles. The van der Waals surface area contributed by atoms with Crippen LogP contribution >= 0.6 is 0 Å². The molecule has 15 heavy (non-hydrogen) atoms. The lowest BCUT2D eigenvalue weighted by Gasteiger charge is -2.37. The molecule has 1 aromatic rings. The van der Waals surface area contributed by atoms with Gasteiger partial charge in [-0.15, -0.1) is 0 Å². The van der Waals surface area contributed by atoms with E-state index in [9.17, 15) is 4.79 Å². The molecule has 0 fully saturated rings. The summed E-state index contributed by atoms with van der Waals surface area (Å²) < 4.78 is 5.81. The van der Waals surface area contributed by atoms with E-state index < -0.39 is 5.60 Å². The number of carbonyl (C=O) groups excluding carboxylic acids is 1. The Morgan fingerprint density at radius 1 is 1.40 bits per heavy atom. The molecular formula is C13H14O2. The summed E-state index contributed by atoms with van der Waals surface area (Å²) in [4.78, 5) is 11.1. The zero-order valence-electron chi connectivity index (χ0n) is 8.99. The van der Waals surface area contributed by atoms with E-state index in [0.29, 0.717) is 0 Å². The Hall–Kier alpha value is -1.57. The number of hydrogen-bond donors (Lipinski definition) is 0. The maximum absolute atomic E-state index is 11.1. The van der Waals surface area contributed by atoms with Crippen molar-refractivity contribution in [1.82, 2.24) is 0 Å². The van der Waals surface area contributed by atoms with Crippen LogP contribution in [0.3, 0.4) is 0 Å². The van der Waals surface area contributed by atoms with Crippen molar-refractivity contribution in [1.29, 1.82) is 0 Å². The Balaban J connectivity index is 2.58. The van der Waals surface area contributed by atoms with Crippen LogP contribution in [0.2, 0.25) is 0 Å². The average molecular weight is 202 g/mol. The molecule has 0 saturated heterocycles. The van der Waals surface area contributed by atoms with E-state index >= 15 is 0 Å². The lowest BCUT2D eigenvalue weighted by Crippen LogP contribution is -2.37. The van der Waals surface area contributed by atoms with Crippen LogP contribution in [0, 0.1) is 0 Å². The van der Waals surface area contributed by atoms with Gasteiger partial charge in [0.25, 0.3) is 0 Å². The zero-order chi connectivity index (χ0) is 11.1. The lowest BCUT2D eigenvalue weighted by molar-refractivity contribution is -0.109. The fraction of sp³-hybridized carbons (Fsp3) is 0.308. The third kappa shape index (κ3) is 1.46. The number of benzene rings is 1. The Bertz CT molecular complexity index is 418. The summed E-state index contributed by atoms with van der Waals surface area (Å²) in [6, 6.07) is 7.62. The van der Waals surface area contributed by atoms with Crippen LogP contribution in [-0.4, -0.2) is 11.9 Å². The Morgan fingerprint density at radius 2 is 2.07 bits per heavy atom. The molecule has 2 rings (SSSR count). The molecule has 1 aromatic carbocycles. The summed E-state index contributed by atoms with van der Waals surface area (Å²) in [7, 11) is 0. The highest BCUT2D eigenvalue weighted by atomic mass is 16.5. The third-order valence-corrected chi connectivity index (χ3v) is 2.90. The zero-order valence-corrected chi connectivity index (χ0v) is 8.99. The molecular weight excluding hydrogens is 188 g/mol. The van der Waals surface area contributed by atoms with Gasteiger partial charge in [0.05, 0.1) is 5.92 Å². The van der Waals surface area contributed by atoms with E-state index in [1.807, 2.05) is 38.1 Å². The molecule has 1 atom stereocenters. The van der Waals surface area contributed by atoms with E-state index in [1.165, 1.54) is 0 Å². The number of fused-ring (bicyclic) bond motifs is 1. The third-order valence-electron chi connectivity index (χ3n) is 2.90. The molecule has 0 N–H and O–H groups in total. The number of hydrogen-bond acceptors (Lipinski definition) is 2. The quantitative estimate of drug-likeness (QED) is 0.517. The Labute approximate surface area is 89.6 Å².